The lowest BCUT2D eigenvalue weighted by atomic mass is 10.2. The van der Waals surface area contributed by atoms with E-state index in [0.717, 1.165) is 31.0 Å². The van der Waals surface area contributed by atoms with Crippen LogP contribution in [0.5, 0.6) is 0 Å². The van der Waals surface area contributed by atoms with Crippen molar-refractivity contribution in [1.29, 1.82) is 0 Å². The van der Waals surface area contributed by atoms with E-state index in [1.54, 1.807) is 12.1 Å². The number of nitrogens with zero attached hydrogens (tertiary/aromatic N) is 1. The molecule has 0 unspecified atom stereocenters. The molecular weight excluding hydrogens is 276 g/mol. The van der Waals surface area contributed by atoms with E-state index in [2.05, 4.69) is 22.5 Å². The van der Waals surface area contributed by atoms with Crippen molar-refractivity contribution in [3.8, 4) is 0 Å². The summed E-state index contributed by atoms with van der Waals surface area (Å²) < 4.78 is 22.6. The molecule has 0 aromatic heterocycles. The molecule has 112 valence electrons. The second-order valence-electron chi connectivity index (χ2n) is 4.31. The molecule has 0 spiro atoms. The van der Waals surface area contributed by atoms with Crippen LogP contribution in [0.4, 0.5) is 0 Å². The molecule has 0 fully saturated rings. The van der Waals surface area contributed by atoms with Gasteiger partial charge in [0.25, 0.3) is 0 Å². The Morgan fingerprint density at radius 1 is 1.30 bits per heavy atom. The minimum absolute atomic E-state index is 0.108. The van der Waals surface area contributed by atoms with Gasteiger partial charge in [-0.2, -0.15) is 0 Å². The number of guanidine groups is 1. The Bertz CT molecular complexity index is 555. The normalized spacial score (nSPS) is 12.2. The summed E-state index contributed by atoms with van der Waals surface area (Å²) in [5.74, 6) is 0.718. The number of hydrogen-bond acceptors (Lipinski definition) is 3. The van der Waals surface area contributed by atoms with Crippen LogP contribution in [0.2, 0.25) is 0 Å². The highest BCUT2D eigenvalue weighted by Gasteiger charge is 2.07. The first-order chi connectivity index (χ1) is 9.47. The quantitative estimate of drug-likeness (QED) is 0.534. The fourth-order valence-electron chi connectivity index (χ4n) is 1.58. The number of aliphatic imine (C=N–C) groups is 1. The van der Waals surface area contributed by atoms with E-state index in [4.69, 9.17) is 5.14 Å². The highest BCUT2D eigenvalue weighted by Crippen LogP contribution is 2.10. The third-order valence-electron chi connectivity index (χ3n) is 2.53. The molecule has 0 heterocycles. The Morgan fingerprint density at radius 2 is 2.05 bits per heavy atom. The average Bonchev–Trinajstić information content (AvgIpc) is 2.41. The summed E-state index contributed by atoms with van der Waals surface area (Å²) in [6, 6.07) is 6.50. The molecule has 0 aliphatic rings. The van der Waals surface area contributed by atoms with Crippen molar-refractivity contribution in [2.24, 2.45) is 10.1 Å². The van der Waals surface area contributed by atoms with Gasteiger partial charge in [-0.25, -0.2) is 18.5 Å². The lowest BCUT2D eigenvalue weighted by Crippen LogP contribution is -2.37. The fraction of sp³-hybridized carbons (Fsp3) is 0.462. The van der Waals surface area contributed by atoms with Crippen LogP contribution in [0.25, 0.3) is 0 Å². The van der Waals surface area contributed by atoms with Gasteiger partial charge in [-0.05, 0) is 31.0 Å². The van der Waals surface area contributed by atoms with Crippen LogP contribution in [-0.4, -0.2) is 27.5 Å². The first-order valence-electron chi connectivity index (χ1n) is 6.61. The van der Waals surface area contributed by atoms with Crippen molar-refractivity contribution in [2.75, 3.05) is 13.1 Å². The van der Waals surface area contributed by atoms with Gasteiger partial charge in [-0.15, -0.1) is 0 Å². The number of primary sulfonamides is 1. The van der Waals surface area contributed by atoms with E-state index in [9.17, 15) is 8.42 Å². The number of nitrogens with one attached hydrogen (secondary N) is 2. The van der Waals surface area contributed by atoms with Gasteiger partial charge in [0.15, 0.2) is 5.96 Å². The maximum absolute atomic E-state index is 11.3. The molecule has 4 N–H and O–H groups in total. The molecule has 0 aliphatic heterocycles. The Kier molecular flexibility index (Phi) is 6.47. The molecule has 7 heteroatoms. The predicted octanol–water partition coefficient (Wildman–Crippen LogP) is 0.799. The molecule has 1 rings (SSSR count). The van der Waals surface area contributed by atoms with E-state index in [1.165, 1.54) is 6.07 Å². The standard InChI is InChI=1S/C13H22N4O2S/c1-3-8-16-13(15-4-2)17-10-11-6-5-7-12(9-11)20(14,18)19/h5-7,9H,3-4,8,10H2,1-2H3,(H2,14,18,19)(H2,15,16,17). The number of sulfonamides is 1. The van der Waals surface area contributed by atoms with Gasteiger partial charge in [0.05, 0.1) is 11.4 Å². The van der Waals surface area contributed by atoms with Crippen molar-refractivity contribution < 1.29 is 8.42 Å². The van der Waals surface area contributed by atoms with Crippen molar-refractivity contribution in [3.63, 3.8) is 0 Å². The molecule has 0 amide bonds. The van der Waals surface area contributed by atoms with Crippen LogP contribution < -0.4 is 15.8 Å². The summed E-state index contributed by atoms with van der Waals surface area (Å²) in [4.78, 5) is 4.51. The molecule has 20 heavy (non-hydrogen) atoms. The summed E-state index contributed by atoms with van der Waals surface area (Å²) in [5, 5.41) is 11.4. The predicted molar refractivity (Wildman–Crippen MR) is 80.9 cm³/mol. The first-order valence-corrected chi connectivity index (χ1v) is 8.16. The van der Waals surface area contributed by atoms with E-state index in [0.29, 0.717) is 6.54 Å². The minimum atomic E-state index is -3.67. The van der Waals surface area contributed by atoms with Gasteiger partial charge in [0.1, 0.15) is 0 Å². The average molecular weight is 298 g/mol. The molecular formula is C13H22N4O2S. The smallest absolute Gasteiger partial charge is 0.238 e. The fourth-order valence-corrected chi connectivity index (χ4v) is 2.16. The molecule has 0 bridgehead atoms. The summed E-state index contributed by atoms with van der Waals surface area (Å²) in [6.45, 7) is 6.06. The van der Waals surface area contributed by atoms with E-state index >= 15 is 0 Å². The Labute approximate surface area is 120 Å². The molecule has 0 saturated carbocycles. The number of rotatable bonds is 6. The highest BCUT2D eigenvalue weighted by molar-refractivity contribution is 7.89. The zero-order valence-electron chi connectivity index (χ0n) is 11.9. The van der Waals surface area contributed by atoms with Crippen molar-refractivity contribution in [1.82, 2.24) is 10.6 Å². The lowest BCUT2D eigenvalue weighted by Gasteiger charge is -2.10. The zero-order valence-corrected chi connectivity index (χ0v) is 12.7. The molecule has 0 saturated heterocycles. The molecule has 1 aromatic rings. The molecule has 0 atom stereocenters. The van der Waals surface area contributed by atoms with Crippen LogP contribution in [0, 0.1) is 0 Å². The second kappa shape index (κ2) is 7.86. The number of hydrogen-bond donors (Lipinski definition) is 3. The molecule has 6 nitrogen and oxygen atoms in total. The monoisotopic (exact) mass is 298 g/mol. The largest absolute Gasteiger partial charge is 0.357 e. The van der Waals surface area contributed by atoms with Crippen molar-refractivity contribution in [3.05, 3.63) is 29.8 Å². The van der Waals surface area contributed by atoms with Crippen LogP contribution in [0.15, 0.2) is 34.2 Å². The van der Waals surface area contributed by atoms with Crippen LogP contribution in [-0.2, 0) is 16.6 Å². The number of benzene rings is 1. The van der Waals surface area contributed by atoms with Gasteiger partial charge in [0.2, 0.25) is 10.0 Å². The topological polar surface area (TPSA) is 96.6 Å². The van der Waals surface area contributed by atoms with E-state index < -0.39 is 10.0 Å². The first kappa shape index (κ1) is 16.5. The maximum Gasteiger partial charge on any atom is 0.238 e. The van der Waals surface area contributed by atoms with Gasteiger partial charge in [0, 0.05) is 13.1 Å². The highest BCUT2D eigenvalue weighted by atomic mass is 32.2. The summed E-state index contributed by atoms with van der Waals surface area (Å²) in [5.41, 5.74) is 0.797. The summed E-state index contributed by atoms with van der Waals surface area (Å²) >= 11 is 0. The minimum Gasteiger partial charge on any atom is -0.357 e. The number of nitrogens with two attached hydrogens (primary N) is 1. The Balaban J connectivity index is 2.80. The van der Waals surface area contributed by atoms with Crippen LogP contribution in [0.3, 0.4) is 0 Å². The lowest BCUT2D eigenvalue weighted by molar-refractivity contribution is 0.597. The summed E-state index contributed by atoms with van der Waals surface area (Å²) in [7, 11) is -3.67. The van der Waals surface area contributed by atoms with E-state index in [1.807, 2.05) is 13.0 Å². The third-order valence-corrected chi connectivity index (χ3v) is 3.44. The van der Waals surface area contributed by atoms with E-state index in [-0.39, 0.29) is 4.90 Å². The zero-order chi connectivity index (χ0) is 15.0. The van der Waals surface area contributed by atoms with Gasteiger partial charge >= 0.3 is 0 Å². The maximum atomic E-state index is 11.3. The molecule has 1 aromatic carbocycles. The van der Waals surface area contributed by atoms with Crippen LogP contribution in [0.1, 0.15) is 25.8 Å². The van der Waals surface area contributed by atoms with Gasteiger partial charge in [-0.3, -0.25) is 0 Å². The Hall–Kier alpha value is -1.60. The third kappa shape index (κ3) is 5.58. The van der Waals surface area contributed by atoms with Crippen molar-refractivity contribution >= 4 is 16.0 Å². The molecule has 0 aliphatic carbocycles. The summed E-state index contributed by atoms with van der Waals surface area (Å²) in [6.07, 6.45) is 1.01. The second-order valence-corrected chi connectivity index (χ2v) is 5.88. The van der Waals surface area contributed by atoms with Gasteiger partial charge in [-0.1, -0.05) is 19.1 Å². The molecule has 0 radical (unpaired) electrons. The van der Waals surface area contributed by atoms with Crippen molar-refractivity contribution in [2.45, 2.75) is 31.7 Å². The van der Waals surface area contributed by atoms with Crippen LogP contribution >= 0.6 is 0 Å². The van der Waals surface area contributed by atoms with Gasteiger partial charge < -0.3 is 10.6 Å². The SMILES string of the molecule is CCCNC(=NCc1cccc(S(N)(=O)=O)c1)NCC. The Morgan fingerprint density at radius 3 is 2.65 bits per heavy atom.